The lowest BCUT2D eigenvalue weighted by Crippen LogP contribution is -2.11. The molecule has 0 saturated heterocycles. The van der Waals surface area contributed by atoms with Crippen molar-refractivity contribution in [2.75, 3.05) is 12.4 Å². The number of aromatic nitrogens is 3. The Labute approximate surface area is 217 Å². The van der Waals surface area contributed by atoms with Crippen molar-refractivity contribution >= 4 is 11.6 Å². The number of hydrogen-bond acceptors (Lipinski definition) is 5. The molecule has 0 aliphatic heterocycles. The van der Waals surface area contributed by atoms with Crippen molar-refractivity contribution in [2.24, 2.45) is 0 Å². The molecule has 0 unspecified atom stereocenters. The summed E-state index contributed by atoms with van der Waals surface area (Å²) in [5.74, 6) is -0.182. The zero-order valence-electron chi connectivity index (χ0n) is 20.3. The number of methoxy groups -OCH3 is 1. The summed E-state index contributed by atoms with van der Waals surface area (Å²) in [5.41, 5.74) is 2.60. The Bertz CT molecular complexity index is 1550. The van der Waals surface area contributed by atoms with Crippen LogP contribution in [0.15, 0.2) is 97.1 Å². The van der Waals surface area contributed by atoms with Crippen LogP contribution < -0.4 is 14.8 Å². The highest BCUT2D eigenvalue weighted by Crippen LogP contribution is 2.27. The standard InChI is InChI=1S/C29H22F2N4O3/c1-37-24-16-8-20(9-17-24)28(36)32-22-12-14-23(15-13-22)35-27(25-4-2-3-5-26(25)31)33-29(34-35)38-18-19-6-10-21(30)11-7-19/h2-17H,18H2,1H3,(H,32,36). The van der Waals surface area contributed by atoms with Crippen LogP contribution in [0.2, 0.25) is 0 Å². The molecule has 1 N–H and O–H groups in total. The predicted molar refractivity (Wildman–Crippen MR) is 138 cm³/mol. The number of rotatable bonds is 8. The van der Waals surface area contributed by atoms with Gasteiger partial charge in [-0.2, -0.15) is 4.98 Å². The molecule has 0 radical (unpaired) electrons. The summed E-state index contributed by atoms with van der Waals surface area (Å²) in [6.45, 7) is 0.108. The van der Waals surface area contributed by atoms with E-state index >= 15 is 0 Å². The summed E-state index contributed by atoms with van der Waals surface area (Å²) in [7, 11) is 1.56. The highest BCUT2D eigenvalue weighted by Gasteiger charge is 2.18. The minimum Gasteiger partial charge on any atom is -0.497 e. The first-order valence-corrected chi connectivity index (χ1v) is 11.7. The number of nitrogens with zero attached hydrogens (tertiary/aromatic N) is 3. The molecule has 5 aromatic rings. The molecule has 1 aromatic heterocycles. The zero-order chi connectivity index (χ0) is 26.5. The molecule has 4 aromatic carbocycles. The quantitative estimate of drug-likeness (QED) is 0.274. The van der Waals surface area contributed by atoms with E-state index in [0.717, 1.165) is 5.56 Å². The summed E-state index contributed by atoms with van der Waals surface area (Å²) in [5, 5.41) is 7.27. The average Bonchev–Trinajstić information content (AvgIpc) is 3.37. The fourth-order valence-corrected chi connectivity index (χ4v) is 3.71. The van der Waals surface area contributed by atoms with Gasteiger partial charge in [0.25, 0.3) is 5.91 Å². The lowest BCUT2D eigenvalue weighted by Gasteiger charge is -2.09. The Morgan fingerprint density at radius 2 is 1.61 bits per heavy atom. The second kappa shape index (κ2) is 10.9. The number of carbonyl (C=O) groups is 1. The molecule has 0 fully saturated rings. The van der Waals surface area contributed by atoms with Crippen molar-refractivity contribution in [3.8, 4) is 28.8 Å². The Kier molecular flexibility index (Phi) is 7.08. The first-order chi connectivity index (χ1) is 18.5. The third kappa shape index (κ3) is 5.52. The average molecular weight is 513 g/mol. The van der Waals surface area contributed by atoms with Gasteiger partial charge in [-0.15, -0.1) is 5.10 Å². The second-order valence-corrected chi connectivity index (χ2v) is 8.25. The van der Waals surface area contributed by atoms with E-state index < -0.39 is 5.82 Å². The van der Waals surface area contributed by atoms with E-state index in [1.54, 1.807) is 86.0 Å². The lowest BCUT2D eigenvalue weighted by molar-refractivity contribution is 0.102. The first kappa shape index (κ1) is 24.6. The fraction of sp³-hybridized carbons (Fsp3) is 0.0690. The number of carbonyl (C=O) groups excluding carboxylic acids is 1. The highest BCUT2D eigenvalue weighted by molar-refractivity contribution is 6.04. The number of hydrogen-bond donors (Lipinski definition) is 1. The van der Waals surface area contributed by atoms with Crippen molar-refractivity contribution in [3.05, 3.63) is 120 Å². The number of anilines is 1. The molecule has 0 aliphatic carbocycles. The smallest absolute Gasteiger partial charge is 0.336 e. The molecule has 0 saturated carbocycles. The summed E-state index contributed by atoms with van der Waals surface area (Å²) in [6, 6.07) is 25.8. The molecule has 9 heteroatoms. The molecular weight excluding hydrogens is 490 g/mol. The first-order valence-electron chi connectivity index (χ1n) is 11.7. The lowest BCUT2D eigenvalue weighted by atomic mass is 10.2. The molecule has 7 nitrogen and oxygen atoms in total. The molecule has 0 atom stereocenters. The number of benzene rings is 4. The van der Waals surface area contributed by atoms with Crippen LogP contribution in [0.1, 0.15) is 15.9 Å². The van der Waals surface area contributed by atoms with Crippen molar-refractivity contribution in [2.45, 2.75) is 6.61 Å². The van der Waals surface area contributed by atoms with Crippen LogP contribution in [0.5, 0.6) is 11.8 Å². The number of nitrogens with one attached hydrogen (secondary N) is 1. The van der Waals surface area contributed by atoms with Gasteiger partial charge < -0.3 is 14.8 Å². The minimum atomic E-state index is -0.463. The number of halogens is 2. The minimum absolute atomic E-state index is 0.0319. The summed E-state index contributed by atoms with van der Waals surface area (Å²) < 4.78 is 40.2. The Hall–Kier alpha value is -5.05. The third-order valence-corrected chi connectivity index (χ3v) is 5.71. The van der Waals surface area contributed by atoms with Crippen LogP contribution >= 0.6 is 0 Å². The number of ether oxygens (including phenoxy) is 2. The van der Waals surface area contributed by atoms with E-state index in [1.807, 2.05) is 0 Å². The maximum Gasteiger partial charge on any atom is 0.336 e. The van der Waals surface area contributed by atoms with Crippen LogP contribution in [0.3, 0.4) is 0 Å². The van der Waals surface area contributed by atoms with Gasteiger partial charge in [0.15, 0.2) is 5.82 Å². The molecule has 38 heavy (non-hydrogen) atoms. The highest BCUT2D eigenvalue weighted by atomic mass is 19.1. The van der Waals surface area contributed by atoms with E-state index in [1.165, 1.54) is 22.9 Å². The van der Waals surface area contributed by atoms with Gasteiger partial charge in [0.1, 0.15) is 24.0 Å². The molecular formula is C29H22F2N4O3. The van der Waals surface area contributed by atoms with Crippen molar-refractivity contribution in [3.63, 3.8) is 0 Å². The Morgan fingerprint density at radius 1 is 0.895 bits per heavy atom. The Balaban J connectivity index is 1.39. The van der Waals surface area contributed by atoms with E-state index in [-0.39, 0.29) is 35.7 Å². The maximum absolute atomic E-state index is 14.7. The summed E-state index contributed by atoms with van der Waals surface area (Å²) in [6.07, 6.45) is 0. The molecule has 0 spiro atoms. The largest absolute Gasteiger partial charge is 0.497 e. The molecule has 1 heterocycles. The van der Waals surface area contributed by atoms with E-state index in [9.17, 15) is 13.6 Å². The summed E-state index contributed by atoms with van der Waals surface area (Å²) in [4.78, 5) is 17.0. The van der Waals surface area contributed by atoms with Gasteiger partial charge in [0.05, 0.1) is 18.4 Å². The normalized spacial score (nSPS) is 10.7. The number of amides is 1. The van der Waals surface area contributed by atoms with Gasteiger partial charge in [-0.1, -0.05) is 24.3 Å². The van der Waals surface area contributed by atoms with Crippen molar-refractivity contribution in [1.82, 2.24) is 14.8 Å². The zero-order valence-corrected chi connectivity index (χ0v) is 20.3. The van der Waals surface area contributed by atoms with Crippen LogP contribution in [0.25, 0.3) is 17.1 Å². The monoisotopic (exact) mass is 512 g/mol. The van der Waals surface area contributed by atoms with Gasteiger partial charge in [-0.25, -0.2) is 13.5 Å². The maximum atomic E-state index is 14.7. The van der Waals surface area contributed by atoms with Crippen LogP contribution in [0.4, 0.5) is 14.5 Å². The predicted octanol–water partition coefficient (Wildman–Crippen LogP) is 6.05. The van der Waals surface area contributed by atoms with E-state index in [4.69, 9.17) is 9.47 Å². The van der Waals surface area contributed by atoms with Gasteiger partial charge in [-0.05, 0) is 78.4 Å². The van der Waals surface area contributed by atoms with Crippen LogP contribution in [-0.2, 0) is 6.61 Å². The molecule has 190 valence electrons. The van der Waals surface area contributed by atoms with Crippen molar-refractivity contribution < 1.29 is 23.0 Å². The third-order valence-electron chi connectivity index (χ3n) is 5.71. The summed E-state index contributed by atoms with van der Waals surface area (Å²) >= 11 is 0. The van der Waals surface area contributed by atoms with E-state index in [0.29, 0.717) is 22.7 Å². The van der Waals surface area contributed by atoms with Crippen LogP contribution in [0, 0.1) is 11.6 Å². The van der Waals surface area contributed by atoms with Crippen molar-refractivity contribution in [1.29, 1.82) is 0 Å². The van der Waals surface area contributed by atoms with E-state index in [2.05, 4.69) is 15.4 Å². The second-order valence-electron chi connectivity index (χ2n) is 8.25. The SMILES string of the molecule is COc1ccc(C(=O)Nc2ccc(-n3nc(OCc4ccc(F)cc4)nc3-c3ccccc3F)cc2)cc1. The molecule has 5 rings (SSSR count). The molecule has 0 aliphatic rings. The topological polar surface area (TPSA) is 78.3 Å². The van der Waals surface area contributed by atoms with Crippen LogP contribution in [-0.4, -0.2) is 27.8 Å². The van der Waals surface area contributed by atoms with Gasteiger partial charge in [-0.3, -0.25) is 4.79 Å². The van der Waals surface area contributed by atoms with Gasteiger partial charge >= 0.3 is 6.01 Å². The fourth-order valence-electron chi connectivity index (χ4n) is 3.71. The molecule has 0 bridgehead atoms. The molecule has 1 amide bonds. The Morgan fingerprint density at radius 3 is 2.29 bits per heavy atom. The van der Waals surface area contributed by atoms with Gasteiger partial charge in [0, 0.05) is 11.3 Å². The van der Waals surface area contributed by atoms with Gasteiger partial charge in [0.2, 0.25) is 0 Å².